The summed E-state index contributed by atoms with van der Waals surface area (Å²) >= 11 is 0. The zero-order valence-electron chi connectivity index (χ0n) is 8.03. The van der Waals surface area contributed by atoms with Crippen molar-refractivity contribution in [3.05, 3.63) is 0 Å². The molecule has 1 aliphatic rings. The second-order valence-electron chi connectivity index (χ2n) is 3.33. The van der Waals surface area contributed by atoms with Gasteiger partial charge < -0.3 is 9.84 Å². The van der Waals surface area contributed by atoms with Crippen LogP contribution in [-0.2, 0) is 9.53 Å². The van der Waals surface area contributed by atoms with Gasteiger partial charge in [-0.05, 0) is 19.4 Å². The molecule has 1 unspecified atom stereocenters. The van der Waals surface area contributed by atoms with Crippen molar-refractivity contribution in [2.45, 2.75) is 25.8 Å². The molecule has 0 amide bonds. The van der Waals surface area contributed by atoms with Crippen molar-refractivity contribution in [1.29, 1.82) is 0 Å². The Morgan fingerprint density at radius 2 is 2.46 bits per heavy atom. The molecule has 1 heterocycles. The number of ether oxygens (including phenoxy) is 1. The smallest absolute Gasteiger partial charge is 0.317 e. The van der Waals surface area contributed by atoms with Gasteiger partial charge in [0.15, 0.2) is 0 Å². The van der Waals surface area contributed by atoms with Gasteiger partial charge in [0.05, 0.1) is 13.2 Å². The average Bonchev–Trinajstić information content (AvgIpc) is 2.15. The Balaban J connectivity index is 2.39. The Kier molecular flexibility index (Phi) is 4.18. The van der Waals surface area contributed by atoms with E-state index in [1.807, 2.05) is 11.8 Å². The van der Waals surface area contributed by atoms with Crippen LogP contribution in [0.25, 0.3) is 0 Å². The molecule has 1 saturated heterocycles. The van der Waals surface area contributed by atoms with Gasteiger partial charge in [-0.25, -0.2) is 0 Å². The predicted molar refractivity (Wildman–Crippen MR) is 48.7 cm³/mol. The fourth-order valence-corrected chi connectivity index (χ4v) is 1.68. The maximum Gasteiger partial charge on any atom is 0.317 e. The van der Waals surface area contributed by atoms with E-state index in [1.165, 1.54) is 0 Å². The number of carboxylic acids is 1. The number of carboxylic acid groups (broad SMARTS) is 1. The summed E-state index contributed by atoms with van der Waals surface area (Å²) in [6.07, 6.45) is 2.10. The molecule has 0 aliphatic carbocycles. The van der Waals surface area contributed by atoms with Crippen LogP contribution in [0.2, 0.25) is 0 Å². The largest absolute Gasteiger partial charge is 0.480 e. The minimum absolute atomic E-state index is 0.129. The molecular weight excluding hydrogens is 170 g/mol. The van der Waals surface area contributed by atoms with E-state index in [2.05, 4.69) is 0 Å². The van der Waals surface area contributed by atoms with E-state index in [9.17, 15) is 4.79 Å². The zero-order valence-corrected chi connectivity index (χ0v) is 8.03. The third-order valence-corrected chi connectivity index (χ3v) is 2.40. The third-order valence-electron chi connectivity index (χ3n) is 2.40. The third kappa shape index (κ3) is 3.32. The van der Waals surface area contributed by atoms with Crippen LogP contribution in [0.3, 0.4) is 0 Å². The summed E-state index contributed by atoms with van der Waals surface area (Å²) in [5.74, 6) is -0.757. The Hall–Kier alpha value is -0.610. The molecule has 76 valence electrons. The predicted octanol–water partition coefficient (Wildman–Crippen LogP) is 0.572. The summed E-state index contributed by atoms with van der Waals surface area (Å²) in [5, 5.41) is 8.66. The lowest BCUT2D eigenvalue weighted by Crippen LogP contribution is -2.43. The van der Waals surface area contributed by atoms with Gasteiger partial charge in [0.2, 0.25) is 0 Å². The zero-order chi connectivity index (χ0) is 9.68. The molecule has 0 aromatic heterocycles. The van der Waals surface area contributed by atoms with Crippen molar-refractivity contribution in [3.8, 4) is 0 Å². The molecule has 1 N–H and O–H groups in total. The first kappa shape index (κ1) is 10.5. The summed E-state index contributed by atoms with van der Waals surface area (Å²) in [6.45, 7) is 4.39. The molecule has 0 radical (unpaired) electrons. The van der Waals surface area contributed by atoms with Gasteiger partial charge in [-0.2, -0.15) is 0 Å². The van der Waals surface area contributed by atoms with Crippen LogP contribution in [0, 0.1) is 0 Å². The molecule has 13 heavy (non-hydrogen) atoms. The topological polar surface area (TPSA) is 49.8 Å². The second kappa shape index (κ2) is 5.19. The number of nitrogens with zero attached hydrogens (tertiary/aromatic N) is 1. The van der Waals surface area contributed by atoms with Crippen LogP contribution in [0.4, 0.5) is 0 Å². The van der Waals surface area contributed by atoms with Crippen molar-refractivity contribution < 1.29 is 14.6 Å². The molecule has 1 aliphatic heterocycles. The van der Waals surface area contributed by atoms with Crippen LogP contribution in [0.1, 0.15) is 19.8 Å². The lowest BCUT2D eigenvalue weighted by atomic mass is 10.1. The number of likely N-dealkylation sites (N-methyl/N-ethyl adjacent to an activating group) is 1. The van der Waals surface area contributed by atoms with E-state index in [4.69, 9.17) is 9.84 Å². The molecule has 1 fully saturated rings. The number of carbonyl (C=O) groups is 1. The van der Waals surface area contributed by atoms with Gasteiger partial charge in [0.1, 0.15) is 0 Å². The first-order valence-corrected chi connectivity index (χ1v) is 4.77. The quantitative estimate of drug-likeness (QED) is 0.699. The highest BCUT2D eigenvalue weighted by atomic mass is 16.5. The van der Waals surface area contributed by atoms with E-state index in [-0.39, 0.29) is 6.54 Å². The van der Waals surface area contributed by atoms with E-state index in [0.717, 1.165) is 26.0 Å². The molecule has 0 aromatic carbocycles. The number of rotatable bonds is 4. The molecule has 4 heteroatoms. The molecule has 1 rings (SSSR count). The molecule has 0 spiro atoms. The first-order chi connectivity index (χ1) is 6.24. The minimum Gasteiger partial charge on any atom is -0.480 e. The summed E-state index contributed by atoms with van der Waals surface area (Å²) in [7, 11) is 0. The SMILES string of the molecule is CCN(CC(=O)O)C1CCCOC1. The van der Waals surface area contributed by atoms with Crippen molar-refractivity contribution in [3.63, 3.8) is 0 Å². The van der Waals surface area contributed by atoms with Gasteiger partial charge in [0, 0.05) is 12.6 Å². The molecule has 0 aromatic rings. The Labute approximate surface area is 78.5 Å². The fraction of sp³-hybridized carbons (Fsp3) is 0.889. The number of hydrogen-bond acceptors (Lipinski definition) is 3. The van der Waals surface area contributed by atoms with E-state index >= 15 is 0 Å². The van der Waals surface area contributed by atoms with Gasteiger partial charge in [-0.3, -0.25) is 9.69 Å². The Morgan fingerprint density at radius 1 is 1.69 bits per heavy atom. The summed E-state index contributed by atoms with van der Waals surface area (Å²) in [6, 6.07) is 0.301. The monoisotopic (exact) mass is 187 g/mol. The molecule has 0 saturated carbocycles. The van der Waals surface area contributed by atoms with Gasteiger partial charge in [0.25, 0.3) is 0 Å². The molecular formula is C9H17NO3. The van der Waals surface area contributed by atoms with Crippen molar-refractivity contribution >= 4 is 5.97 Å². The summed E-state index contributed by atoms with van der Waals surface area (Å²) in [5.41, 5.74) is 0. The van der Waals surface area contributed by atoms with Gasteiger partial charge in [-0.1, -0.05) is 6.92 Å². The maximum absolute atomic E-state index is 10.5. The van der Waals surface area contributed by atoms with Gasteiger partial charge >= 0.3 is 5.97 Å². The number of hydrogen-bond donors (Lipinski definition) is 1. The highest BCUT2D eigenvalue weighted by Crippen LogP contribution is 2.12. The lowest BCUT2D eigenvalue weighted by Gasteiger charge is -2.31. The van der Waals surface area contributed by atoms with Crippen molar-refractivity contribution in [2.75, 3.05) is 26.3 Å². The van der Waals surface area contributed by atoms with Crippen molar-refractivity contribution in [1.82, 2.24) is 4.90 Å². The molecule has 0 bridgehead atoms. The first-order valence-electron chi connectivity index (χ1n) is 4.77. The molecule has 1 atom stereocenters. The van der Waals surface area contributed by atoms with E-state index in [1.54, 1.807) is 0 Å². The fourth-order valence-electron chi connectivity index (χ4n) is 1.68. The summed E-state index contributed by atoms with van der Waals surface area (Å²) < 4.78 is 5.31. The summed E-state index contributed by atoms with van der Waals surface area (Å²) in [4.78, 5) is 12.5. The molecule has 4 nitrogen and oxygen atoms in total. The standard InChI is InChI=1S/C9H17NO3/c1-2-10(6-9(11)12)8-4-3-5-13-7-8/h8H,2-7H2,1H3,(H,11,12). The van der Waals surface area contributed by atoms with Crippen LogP contribution >= 0.6 is 0 Å². The highest BCUT2D eigenvalue weighted by molar-refractivity contribution is 5.69. The van der Waals surface area contributed by atoms with Crippen LogP contribution < -0.4 is 0 Å². The van der Waals surface area contributed by atoms with Crippen LogP contribution in [0.15, 0.2) is 0 Å². The highest BCUT2D eigenvalue weighted by Gasteiger charge is 2.21. The van der Waals surface area contributed by atoms with Crippen LogP contribution in [0.5, 0.6) is 0 Å². The Morgan fingerprint density at radius 3 is 2.92 bits per heavy atom. The maximum atomic E-state index is 10.5. The lowest BCUT2D eigenvalue weighted by molar-refractivity contribution is -0.139. The minimum atomic E-state index is -0.757. The van der Waals surface area contributed by atoms with Gasteiger partial charge in [-0.15, -0.1) is 0 Å². The van der Waals surface area contributed by atoms with Crippen LogP contribution in [-0.4, -0.2) is 48.3 Å². The number of aliphatic carboxylic acids is 1. The average molecular weight is 187 g/mol. The second-order valence-corrected chi connectivity index (χ2v) is 3.33. The normalized spacial score (nSPS) is 23.4. The van der Waals surface area contributed by atoms with E-state index < -0.39 is 5.97 Å². The Bertz CT molecular complexity index is 166. The van der Waals surface area contributed by atoms with E-state index in [0.29, 0.717) is 12.6 Å². The van der Waals surface area contributed by atoms with Crippen molar-refractivity contribution in [2.24, 2.45) is 0 Å².